The minimum Gasteiger partial charge on any atom is -0.317 e. The van der Waals surface area contributed by atoms with E-state index in [0.29, 0.717) is 0 Å². The van der Waals surface area contributed by atoms with Gasteiger partial charge in [0, 0.05) is 101 Å². The number of para-hydroxylation sites is 6. The van der Waals surface area contributed by atoms with Gasteiger partial charge < -0.3 is 27.4 Å². The Kier molecular flexibility index (Phi) is 18.6. The van der Waals surface area contributed by atoms with E-state index >= 15 is 0 Å². The molecule has 652 valence electrons. The van der Waals surface area contributed by atoms with Gasteiger partial charge in [0.05, 0.1) is 49.7 Å². The lowest BCUT2D eigenvalue weighted by Gasteiger charge is -2.14. The number of nitrogens with zero attached hydrogens (tertiary/aromatic N) is 6. The van der Waals surface area contributed by atoms with Crippen molar-refractivity contribution in [1.29, 1.82) is 0 Å². The van der Waals surface area contributed by atoms with E-state index in [-0.39, 0.29) is 0 Å². The predicted molar refractivity (Wildman–Crippen MR) is 595 cm³/mol. The highest BCUT2D eigenvalue weighted by Gasteiger charge is 2.24. The Labute approximate surface area is 806 Å². The van der Waals surface area contributed by atoms with Crippen molar-refractivity contribution in [1.82, 2.24) is 27.4 Å². The summed E-state index contributed by atoms with van der Waals surface area (Å²) in [6, 6.07) is 184. The average molecular weight is 1780 g/mol. The molecular formula is C134H86N6. The zero-order valence-corrected chi connectivity index (χ0v) is 76.3. The standard InChI is InChI=1S/C50H32N2.C44H28N2.C40H26N2/c1-3-12-33(13-4-1)35-22-24-41-42-25-23-36(32-46(42)40-19-8-7-18-39(40)45(41)31-35)34-14-11-17-38(30-34)52-48-21-10-9-20-43(48)50-44-28-29-51(37-15-5-2-6-16-37)47(44)26-27-49(50)52;1-2-12-31(13-3-1)45-26-25-39-41(45)23-24-43-44(39)38-19-8-9-20-42(38)46(43)32-14-10-11-29(27-32)30-21-22-37-35-17-5-4-15-33(35)34-16-6-7-18-36(34)40(37)28-30;1-2-9-31(10-3-1)41-25-24-36-37(41)22-23-39-40(36)35-12-6-7-13-38(35)42(39)32-19-16-27(17-20-32)29-18-21-34-30(26-29)15-14-28-8-4-5-11-33(28)34/h1-32H;1-28H;1-26H. The molecule has 6 aromatic heterocycles. The van der Waals surface area contributed by atoms with Gasteiger partial charge in [-0.05, 0) is 301 Å². The molecule has 0 unspecified atom stereocenters. The fourth-order valence-electron chi connectivity index (χ4n) is 23.0. The van der Waals surface area contributed by atoms with Crippen LogP contribution in [0.25, 0.3) is 263 Å². The number of benzene rings is 24. The van der Waals surface area contributed by atoms with Gasteiger partial charge in [-0.25, -0.2) is 0 Å². The number of fused-ring (bicyclic) bond motifs is 30. The molecule has 0 fully saturated rings. The number of aromatic nitrogens is 6. The van der Waals surface area contributed by atoms with Crippen molar-refractivity contribution in [3.8, 4) is 78.6 Å². The molecule has 0 N–H and O–H groups in total. The highest BCUT2D eigenvalue weighted by molar-refractivity contribution is 6.29. The van der Waals surface area contributed by atoms with E-state index in [9.17, 15) is 0 Å². The van der Waals surface area contributed by atoms with Gasteiger partial charge in [0.2, 0.25) is 0 Å². The van der Waals surface area contributed by atoms with E-state index in [1.807, 2.05) is 0 Å². The average Bonchev–Trinajstić information content (AvgIpc) is 1.59. The van der Waals surface area contributed by atoms with Crippen molar-refractivity contribution >= 4 is 184 Å². The van der Waals surface area contributed by atoms with Crippen LogP contribution in [0, 0.1) is 0 Å². The molecular weight excluding hydrogens is 1690 g/mol. The molecule has 140 heavy (non-hydrogen) atoms. The van der Waals surface area contributed by atoms with Crippen LogP contribution < -0.4 is 0 Å². The molecule has 0 atom stereocenters. The molecule has 0 aliphatic rings. The monoisotopic (exact) mass is 1780 g/mol. The first-order valence-corrected chi connectivity index (χ1v) is 48.2. The van der Waals surface area contributed by atoms with E-state index in [4.69, 9.17) is 0 Å². The molecule has 0 saturated carbocycles. The minimum atomic E-state index is 1.16. The Bertz CT molecular complexity index is 10200. The molecule has 0 bridgehead atoms. The van der Waals surface area contributed by atoms with Gasteiger partial charge in [0.15, 0.2) is 0 Å². The van der Waals surface area contributed by atoms with Gasteiger partial charge in [-0.1, -0.05) is 334 Å². The van der Waals surface area contributed by atoms with E-state index < -0.39 is 0 Å². The van der Waals surface area contributed by atoms with Gasteiger partial charge in [0.25, 0.3) is 0 Å². The van der Waals surface area contributed by atoms with Crippen LogP contribution in [0.5, 0.6) is 0 Å². The van der Waals surface area contributed by atoms with Crippen LogP contribution in [-0.2, 0) is 0 Å². The fraction of sp³-hybridized carbons (Fsp3) is 0. The minimum absolute atomic E-state index is 1.16. The molecule has 30 aromatic rings. The topological polar surface area (TPSA) is 29.6 Å². The smallest absolute Gasteiger partial charge is 0.0548 e. The largest absolute Gasteiger partial charge is 0.317 e. The second-order valence-electron chi connectivity index (χ2n) is 37.0. The van der Waals surface area contributed by atoms with Gasteiger partial charge in [0.1, 0.15) is 0 Å². The Morgan fingerprint density at radius 1 is 0.107 bits per heavy atom. The fourth-order valence-corrected chi connectivity index (χ4v) is 23.0. The normalized spacial score (nSPS) is 11.9. The molecule has 30 rings (SSSR count). The molecule has 0 radical (unpaired) electrons. The quantitative estimate of drug-likeness (QED) is 0.122. The van der Waals surface area contributed by atoms with Crippen LogP contribution >= 0.6 is 0 Å². The molecule has 6 heteroatoms. The highest BCUT2D eigenvalue weighted by atomic mass is 15.0. The lowest BCUT2D eigenvalue weighted by Crippen LogP contribution is -1.95. The summed E-state index contributed by atoms with van der Waals surface area (Å²) in [5.74, 6) is 0. The Morgan fingerprint density at radius 3 is 0.757 bits per heavy atom. The van der Waals surface area contributed by atoms with E-state index in [2.05, 4.69) is 550 Å². The summed E-state index contributed by atoms with van der Waals surface area (Å²) in [5, 5.41) is 32.1. The lowest BCUT2D eigenvalue weighted by molar-refractivity contribution is 1.13. The van der Waals surface area contributed by atoms with Gasteiger partial charge in [-0.2, -0.15) is 0 Å². The van der Waals surface area contributed by atoms with Crippen molar-refractivity contribution in [2.75, 3.05) is 0 Å². The van der Waals surface area contributed by atoms with Crippen LogP contribution in [0.2, 0.25) is 0 Å². The van der Waals surface area contributed by atoms with Crippen molar-refractivity contribution in [2.24, 2.45) is 0 Å². The molecule has 6 nitrogen and oxygen atoms in total. The van der Waals surface area contributed by atoms with Crippen LogP contribution in [-0.4, -0.2) is 27.4 Å². The first kappa shape index (κ1) is 79.9. The third kappa shape index (κ3) is 13.0. The molecule has 0 saturated heterocycles. The predicted octanol–water partition coefficient (Wildman–Crippen LogP) is 36.1. The zero-order chi connectivity index (χ0) is 92.0. The third-order valence-electron chi connectivity index (χ3n) is 29.4. The van der Waals surface area contributed by atoms with Gasteiger partial charge >= 0.3 is 0 Å². The molecule has 0 amide bonds. The Hall–Kier alpha value is -18.6. The summed E-state index contributed by atoms with van der Waals surface area (Å²) < 4.78 is 14.1. The second kappa shape index (κ2) is 32.6. The molecule has 0 spiro atoms. The SMILES string of the molecule is c1ccc(-c2ccc3c4ccc(-c5cccc(-n6c7ccccc7c7c8ccn(-c9ccccc9)c8ccc76)c5)cc4c4ccccc4c3c2)cc1.c1ccc(-n2ccc3c4c5ccccc5n(-c5ccc(-c6ccc7c(ccc8ccccc87)c6)cc5)c4ccc32)cc1.c1ccc(-n2ccc3c4c5ccccc5n(-c5cccc(-c6ccc7c8ccccc8c8ccccc8c7c6)c5)c4ccc32)cc1. The third-order valence-corrected chi connectivity index (χ3v) is 29.4. The summed E-state index contributed by atoms with van der Waals surface area (Å²) in [5.41, 5.74) is 27.7. The number of hydrogen-bond acceptors (Lipinski definition) is 0. The lowest BCUT2D eigenvalue weighted by atomic mass is 9.90. The van der Waals surface area contributed by atoms with Crippen LogP contribution in [0.3, 0.4) is 0 Å². The number of hydrogen-bond donors (Lipinski definition) is 0. The summed E-state index contributed by atoms with van der Waals surface area (Å²) in [4.78, 5) is 0. The molecule has 6 heterocycles. The maximum atomic E-state index is 2.43. The molecule has 24 aromatic carbocycles. The maximum absolute atomic E-state index is 2.43. The highest BCUT2D eigenvalue weighted by Crippen LogP contribution is 2.47. The van der Waals surface area contributed by atoms with Crippen molar-refractivity contribution in [2.45, 2.75) is 0 Å². The number of rotatable bonds is 10. The van der Waals surface area contributed by atoms with Crippen LogP contribution in [0.4, 0.5) is 0 Å². The molecule has 0 aliphatic carbocycles. The van der Waals surface area contributed by atoms with Crippen molar-refractivity contribution in [3.63, 3.8) is 0 Å². The summed E-state index contributed by atoms with van der Waals surface area (Å²) in [7, 11) is 0. The van der Waals surface area contributed by atoms with Gasteiger partial charge in [-0.15, -0.1) is 0 Å². The Balaban J connectivity index is 0.000000104. The van der Waals surface area contributed by atoms with Crippen molar-refractivity contribution < 1.29 is 0 Å². The van der Waals surface area contributed by atoms with E-state index in [0.717, 1.165) is 11.4 Å². The zero-order valence-electron chi connectivity index (χ0n) is 76.3. The summed E-state index contributed by atoms with van der Waals surface area (Å²) in [6.07, 6.45) is 6.58. The first-order chi connectivity index (χ1) is 69.5. The Morgan fingerprint density at radius 2 is 0.357 bits per heavy atom. The van der Waals surface area contributed by atoms with Gasteiger partial charge in [-0.3, -0.25) is 0 Å². The van der Waals surface area contributed by atoms with E-state index in [1.165, 1.54) is 252 Å². The second-order valence-corrected chi connectivity index (χ2v) is 37.0. The molecule has 0 aliphatic heterocycles. The van der Waals surface area contributed by atoms with E-state index in [1.54, 1.807) is 0 Å². The summed E-state index contributed by atoms with van der Waals surface area (Å²) >= 11 is 0. The maximum Gasteiger partial charge on any atom is 0.0548 e. The van der Waals surface area contributed by atoms with Crippen molar-refractivity contribution in [3.05, 3.63) is 522 Å². The van der Waals surface area contributed by atoms with Crippen LogP contribution in [0.1, 0.15) is 0 Å². The van der Waals surface area contributed by atoms with Crippen LogP contribution in [0.15, 0.2) is 522 Å². The first-order valence-electron chi connectivity index (χ1n) is 48.2. The summed E-state index contributed by atoms with van der Waals surface area (Å²) in [6.45, 7) is 0.